The van der Waals surface area contributed by atoms with Crippen molar-refractivity contribution in [1.29, 1.82) is 0 Å². The molecule has 0 radical (unpaired) electrons. The zero-order chi connectivity index (χ0) is 10.8. The molecule has 0 aromatic carbocycles. The number of nitrogens with zero attached hydrogens (tertiary/aromatic N) is 2. The van der Waals surface area contributed by atoms with Crippen LogP contribution in [0.3, 0.4) is 0 Å². The van der Waals surface area contributed by atoms with Gasteiger partial charge in [-0.15, -0.1) is 0 Å². The molecule has 0 aliphatic carbocycles. The van der Waals surface area contributed by atoms with E-state index in [0.717, 1.165) is 0 Å². The summed E-state index contributed by atoms with van der Waals surface area (Å²) in [7, 11) is 1.77. The minimum absolute atomic E-state index is 0.198. The summed E-state index contributed by atoms with van der Waals surface area (Å²) in [6.07, 6.45) is 3.31. The number of carbonyl (C=O) groups is 1. The zero-order valence-electron chi connectivity index (χ0n) is 8.74. The number of aromatic nitrogens is 2. The van der Waals surface area contributed by atoms with Crippen LogP contribution in [0.15, 0.2) is 12.4 Å². The van der Waals surface area contributed by atoms with Crippen LogP contribution >= 0.6 is 0 Å². The van der Waals surface area contributed by atoms with E-state index in [2.05, 4.69) is 10.3 Å². The number of carbonyl (C=O) groups excluding carboxylic acids is 1. The Morgan fingerprint density at radius 2 is 2.36 bits per heavy atom. The van der Waals surface area contributed by atoms with Crippen LogP contribution < -0.4 is 11.1 Å². The lowest BCUT2D eigenvalue weighted by molar-refractivity contribution is 0.0932. The van der Waals surface area contributed by atoms with E-state index in [4.69, 9.17) is 5.73 Å². The van der Waals surface area contributed by atoms with Crippen molar-refractivity contribution < 1.29 is 4.79 Å². The summed E-state index contributed by atoms with van der Waals surface area (Å²) in [4.78, 5) is 15.4. The van der Waals surface area contributed by atoms with Gasteiger partial charge in [0.15, 0.2) is 5.82 Å². The number of hydrogen-bond donors (Lipinski definition) is 2. The summed E-state index contributed by atoms with van der Waals surface area (Å²) >= 11 is 0. The Hall–Kier alpha value is -1.36. The standard InChI is InChI=1S/C9H16N4O/c1-9(2,10)6-12-8(14)7-11-4-5-13(7)3/h4-5H,6,10H2,1-3H3,(H,12,14). The van der Waals surface area contributed by atoms with Gasteiger partial charge in [-0.2, -0.15) is 0 Å². The Bertz CT molecular complexity index is 324. The molecule has 0 aliphatic heterocycles. The second-order valence-electron chi connectivity index (χ2n) is 4.03. The molecule has 78 valence electrons. The first-order valence-electron chi connectivity index (χ1n) is 4.44. The lowest BCUT2D eigenvalue weighted by Gasteiger charge is -2.18. The van der Waals surface area contributed by atoms with Gasteiger partial charge in [-0.05, 0) is 13.8 Å². The van der Waals surface area contributed by atoms with Crippen LogP contribution in [0.1, 0.15) is 24.5 Å². The number of aryl methyl sites for hydroxylation is 1. The first kappa shape index (κ1) is 10.7. The molecule has 1 heterocycles. The highest BCUT2D eigenvalue weighted by atomic mass is 16.2. The Morgan fingerprint density at radius 1 is 1.71 bits per heavy atom. The predicted molar refractivity (Wildman–Crippen MR) is 53.8 cm³/mol. The summed E-state index contributed by atoms with van der Waals surface area (Å²) in [6, 6.07) is 0. The third-order valence-corrected chi connectivity index (χ3v) is 1.73. The van der Waals surface area contributed by atoms with Crippen LogP contribution in [0.2, 0.25) is 0 Å². The van der Waals surface area contributed by atoms with Gasteiger partial charge >= 0.3 is 0 Å². The molecule has 3 N–H and O–H groups in total. The van der Waals surface area contributed by atoms with E-state index < -0.39 is 5.54 Å². The van der Waals surface area contributed by atoms with Crippen LogP contribution in [-0.4, -0.2) is 27.5 Å². The maximum absolute atomic E-state index is 11.5. The normalized spacial score (nSPS) is 11.4. The van der Waals surface area contributed by atoms with Gasteiger partial charge in [0.2, 0.25) is 0 Å². The molecule has 0 aliphatic rings. The van der Waals surface area contributed by atoms with Crippen molar-refractivity contribution in [1.82, 2.24) is 14.9 Å². The van der Waals surface area contributed by atoms with Gasteiger partial charge in [0.05, 0.1) is 0 Å². The van der Waals surface area contributed by atoms with Gasteiger partial charge in [-0.3, -0.25) is 4.79 Å². The van der Waals surface area contributed by atoms with Crippen molar-refractivity contribution in [2.75, 3.05) is 6.54 Å². The van der Waals surface area contributed by atoms with Crippen molar-refractivity contribution in [2.45, 2.75) is 19.4 Å². The molecule has 1 amide bonds. The molecule has 1 aromatic heterocycles. The van der Waals surface area contributed by atoms with Crippen molar-refractivity contribution in [2.24, 2.45) is 12.8 Å². The highest BCUT2D eigenvalue weighted by Crippen LogP contribution is 1.96. The maximum Gasteiger partial charge on any atom is 0.287 e. The Balaban J connectivity index is 2.56. The smallest absolute Gasteiger partial charge is 0.287 e. The molecular formula is C9H16N4O. The van der Waals surface area contributed by atoms with E-state index in [1.807, 2.05) is 13.8 Å². The lowest BCUT2D eigenvalue weighted by atomic mass is 10.1. The third-order valence-electron chi connectivity index (χ3n) is 1.73. The van der Waals surface area contributed by atoms with Gasteiger partial charge in [-0.1, -0.05) is 0 Å². The van der Waals surface area contributed by atoms with Crippen LogP contribution in [0.25, 0.3) is 0 Å². The third kappa shape index (κ3) is 2.85. The summed E-state index contributed by atoms with van der Waals surface area (Å²) in [5.74, 6) is 0.199. The second kappa shape index (κ2) is 3.79. The van der Waals surface area contributed by atoms with Gasteiger partial charge in [0, 0.05) is 31.5 Å². The molecule has 1 aromatic rings. The molecule has 0 atom stereocenters. The van der Waals surface area contributed by atoms with Crippen molar-refractivity contribution >= 4 is 5.91 Å². The Morgan fingerprint density at radius 3 is 2.79 bits per heavy atom. The molecule has 0 unspecified atom stereocenters. The van der Waals surface area contributed by atoms with Gasteiger partial charge in [0.1, 0.15) is 0 Å². The van der Waals surface area contributed by atoms with Gasteiger partial charge in [0.25, 0.3) is 5.91 Å². The predicted octanol–water partition coefficient (Wildman–Crippen LogP) is -0.113. The minimum Gasteiger partial charge on any atom is -0.348 e. The summed E-state index contributed by atoms with van der Waals surface area (Å²) in [5, 5.41) is 2.72. The number of amides is 1. The monoisotopic (exact) mass is 196 g/mol. The van der Waals surface area contributed by atoms with E-state index in [1.54, 1.807) is 24.0 Å². The molecule has 1 rings (SSSR count). The lowest BCUT2D eigenvalue weighted by Crippen LogP contribution is -2.45. The second-order valence-corrected chi connectivity index (χ2v) is 4.03. The van der Waals surface area contributed by atoms with Gasteiger partial charge < -0.3 is 15.6 Å². The number of nitrogens with one attached hydrogen (secondary N) is 1. The van der Waals surface area contributed by atoms with Crippen molar-refractivity contribution in [3.05, 3.63) is 18.2 Å². The Kier molecular flexibility index (Phi) is 2.90. The fourth-order valence-corrected chi connectivity index (χ4v) is 0.972. The Labute approximate surface area is 83.3 Å². The zero-order valence-corrected chi connectivity index (χ0v) is 8.74. The van der Waals surface area contributed by atoms with Crippen LogP contribution in [0.4, 0.5) is 0 Å². The molecule has 0 bridgehead atoms. The minimum atomic E-state index is -0.402. The first-order chi connectivity index (χ1) is 6.40. The van der Waals surface area contributed by atoms with E-state index in [1.165, 1.54) is 0 Å². The molecular weight excluding hydrogens is 180 g/mol. The summed E-state index contributed by atoms with van der Waals surface area (Å²) in [5.41, 5.74) is 5.33. The largest absolute Gasteiger partial charge is 0.348 e. The summed E-state index contributed by atoms with van der Waals surface area (Å²) in [6.45, 7) is 4.14. The van der Waals surface area contributed by atoms with E-state index in [0.29, 0.717) is 12.4 Å². The van der Waals surface area contributed by atoms with Crippen molar-refractivity contribution in [3.63, 3.8) is 0 Å². The van der Waals surface area contributed by atoms with E-state index in [-0.39, 0.29) is 5.91 Å². The quantitative estimate of drug-likeness (QED) is 0.708. The van der Waals surface area contributed by atoms with E-state index >= 15 is 0 Å². The molecule has 0 saturated heterocycles. The molecule has 5 heteroatoms. The van der Waals surface area contributed by atoms with Gasteiger partial charge in [-0.25, -0.2) is 4.98 Å². The van der Waals surface area contributed by atoms with E-state index in [9.17, 15) is 4.79 Å². The topological polar surface area (TPSA) is 72.9 Å². The van der Waals surface area contributed by atoms with Crippen LogP contribution in [0, 0.1) is 0 Å². The maximum atomic E-state index is 11.5. The molecule has 5 nitrogen and oxygen atoms in total. The van der Waals surface area contributed by atoms with Crippen molar-refractivity contribution in [3.8, 4) is 0 Å². The SMILES string of the molecule is Cn1ccnc1C(=O)NCC(C)(C)N. The molecule has 14 heavy (non-hydrogen) atoms. The average Bonchev–Trinajstić information content (AvgIpc) is 2.46. The number of hydrogen-bond acceptors (Lipinski definition) is 3. The first-order valence-corrected chi connectivity index (χ1v) is 4.44. The summed E-state index contributed by atoms with van der Waals surface area (Å²) < 4.78 is 1.67. The fourth-order valence-electron chi connectivity index (χ4n) is 0.972. The number of imidazole rings is 1. The molecule has 0 fully saturated rings. The molecule has 0 spiro atoms. The number of rotatable bonds is 3. The highest BCUT2D eigenvalue weighted by Gasteiger charge is 2.15. The molecule has 0 saturated carbocycles. The average molecular weight is 196 g/mol. The van der Waals surface area contributed by atoms with Crippen LogP contribution in [0.5, 0.6) is 0 Å². The fraction of sp³-hybridized carbons (Fsp3) is 0.556. The van der Waals surface area contributed by atoms with Crippen LogP contribution in [-0.2, 0) is 7.05 Å². The number of nitrogens with two attached hydrogens (primary N) is 1. The highest BCUT2D eigenvalue weighted by molar-refractivity contribution is 5.90.